The molecule has 0 unspecified atom stereocenters. The lowest BCUT2D eigenvalue weighted by Crippen LogP contribution is -2.43. The third-order valence-electron chi connectivity index (χ3n) is 5.90. The van der Waals surface area contributed by atoms with Crippen LogP contribution in [-0.2, 0) is 16.7 Å². The van der Waals surface area contributed by atoms with E-state index in [-0.39, 0.29) is 13.0 Å². The van der Waals surface area contributed by atoms with Gasteiger partial charge in [-0.05, 0) is 38.1 Å². The number of amides is 2. The molecule has 0 saturated heterocycles. The van der Waals surface area contributed by atoms with Crippen LogP contribution in [0.15, 0.2) is 54.9 Å². The van der Waals surface area contributed by atoms with Crippen molar-refractivity contribution in [3.63, 3.8) is 0 Å². The van der Waals surface area contributed by atoms with Crippen LogP contribution in [0.5, 0.6) is 0 Å². The molecule has 0 bridgehead atoms. The molecule has 0 saturated carbocycles. The average Bonchev–Trinajstić information content (AvgIpc) is 2.78. The maximum Gasteiger partial charge on any atom is 0.266 e. The van der Waals surface area contributed by atoms with Crippen LogP contribution in [0.3, 0.4) is 0 Å². The van der Waals surface area contributed by atoms with Crippen molar-refractivity contribution in [2.75, 3.05) is 28.6 Å². The summed E-state index contributed by atoms with van der Waals surface area (Å²) >= 11 is 0. The van der Waals surface area contributed by atoms with Crippen LogP contribution < -0.4 is 14.4 Å². The number of carbonyl (C=O) groups excluding carboxylic acids is 2. The van der Waals surface area contributed by atoms with E-state index in [1.165, 1.54) is 0 Å². The van der Waals surface area contributed by atoms with E-state index in [9.17, 15) is 22.6 Å². The molecule has 1 aromatic heterocycles. The topological polar surface area (TPSA) is 102 Å². The number of aromatic nitrogens is 1. The first-order valence-corrected chi connectivity index (χ1v) is 12.4. The molecule has 0 radical (unpaired) electrons. The van der Waals surface area contributed by atoms with Gasteiger partial charge in [0.2, 0.25) is 0 Å². The Kier molecular flexibility index (Phi) is 6.18. The third-order valence-corrected chi connectivity index (χ3v) is 6.69. The number of benzene rings is 2. The van der Waals surface area contributed by atoms with Crippen molar-refractivity contribution >= 4 is 44.1 Å². The summed E-state index contributed by atoms with van der Waals surface area (Å²) in [4.78, 5) is 30.2. The fraction of sp³-hybridized carbons (Fsp3) is 0.292. The van der Waals surface area contributed by atoms with Crippen LogP contribution in [0.2, 0.25) is 0 Å². The minimum atomic E-state index is -4.30. The number of rotatable bonds is 8. The smallest absolute Gasteiger partial charge is 0.266 e. The highest BCUT2D eigenvalue weighted by atomic mass is 32.2. The molecule has 0 fully saturated rings. The Balaban J connectivity index is 1.74. The van der Waals surface area contributed by atoms with Crippen molar-refractivity contribution < 1.29 is 27.1 Å². The van der Waals surface area contributed by atoms with E-state index in [1.807, 2.05) is 18.2 Å². The second-order valence-corrected chi connectivity index (χ2v) is 9.42. The van der Waals surface area contributed by atoms with Gasteiger partial charge in [-0.1, -0.05) is 12.1 Å². The van der Waals surface area contributed by atoms with Crippen molar-refractivity contribution in [2.45, 2.75) is 26.8 Å². The van der Waals surface area contributed by atoms with Crippen molar-refractivity contribution in [3.8, 4) is 0 Å². The van der Waals surface area contributed by atoms with Crippen LogP contribution >= 0.6 is 0 Å². The fourth-order valence-electron chi connectivity index (χ4n) is 4.36. The largest absolute Gasteiger partial charge is 0.748 e. The molecule has 8 nitrogen and oxygen atoms in total. The number of hydrogen-bond donors (Lipinski definition) is 0. The normalized spacial score (nSPS) is 13.6. The summed E-state index contributed by atoms with van der Waals surface area (Å²) in [6, 6.07) is 12.5. The Morgan fingerprint density at radius 2 is 1.67 bits per heavy atom. The molecular formula is C24H25N3O5S. The number of anilines is 2. The van der Waals surface area contributed by atoms with E-state index < -0.39 is 27.7 Å². The molecule has 9 heteroatoms. The van der Waals surface area contributed by atoms with Crippen molar-refractivity contribution in [1.29, 1.82) is 0 Å². The van der Waals surface area contributed by atoms with Crippen molar-refractivity contribution in [2.24, 2.45) is 0 Å². The van der Waals surface area contributed by atoms with E-state index in [0.29, 0.717) is 22.2 Å². The first-order chi connectivity index (χ1) is 15.7. The van der Waals surface area contributed by atoms with Crippen molar-refractivity contribution in [1.82, 2.24) is 0 Å². The molecule has 2 amide bonds. The molecular weight excluding hydrogens is 442 g/mol. The first kappa shape index (κ1) is 22.9. The van der Waals surface area contributed by atoms with Gasteiger partial charge in [0.05, 0.1) is 10.1 Å². The molecule has 0 aliphatic carbocycles. The Bertz CT molecular complexity index is 1330. The van der Waals surface area contributed by atoms with E-state index in [4.69, 9.17) is 0 Å². The SMILES string of the molecule is CCN(CC)c1ccc2c3c(cccc13)C(=O)N(c1ccc[n+](CCCS(=O)(=O)[O-])c1)C2=O. The molecule has 172 valence electrons. The summed E-state index contributed by atoms with van der Waals surface area (Å²) in [5.41, 5.74) is 2.29. The van der Waals surface area contributed by atoms with Crippen LogP contribution in [0.25, 0.3) is 10.8 Å². The highest BCUT2D eigenvalue weighted by molar-refractivity contribution is 7.85. The van der Waals surface area contributed by atoms with E-state index in [1.54, 1.807) is 41.2 Å². The van der Waals surface area contributed by atoms with Gasteiger partial charge in [0.15, 0.2) is 12.4 Å². The molecule has 2 aromatic carbocycles. The average molecular weight is 468 g/mol. The Hall–Kier alpha value is -3.30. The minimum Gasteiger partial charge on any atom is -0.748 e. The number of pyridine rings is 1. The van der Waals surface area contributed by atoms with Gasteiger partial charge < -0.3 is 9.45 Å². The summed E-state index contributed by atoms with van der Waals surface area (Å²) < 4.78 is 34.3. The number of hydrogen-bond acceptors (Lipinski definition) is 6. The summed E-state index contributed by atoms with van der Waals surface area (Å²) in [6.45, 7) is 6.01. The molecule has 33 heavy (non-hydrogen) atoms. The summed E-state index contributed by atoms with van der Waals surface area (Å²) in [5.74, 6) is -1.29. The number of nitrogens with zero attached hydrogens (tertiary/aromatic N) is 3. The summed E-state index contributed by atoms with van der Waals surface area (Å²) in [7, 11) is -4.30. The first-order valence-electron chi connectivity index (χ1n) is 10.9. The lowest BCUT2D eigenvalue weighted by molar-refractivity contribution is -0.696. The highest BCUT2D eigenvalue weighted by Crippen LogP contribution is 2.37. The zero-order valence-electron chi connectivity index (χ0n) is 18.5. The maximum atomic E-state index is 13.5. The zero-order chi connectivity index (χ0) is 23.8. The van der Waals surface area contributed by atoms with Gasteiger partial charge in [0.1, 0.15) is 12.2 Å². The monoisotopic (exact) mass is 467 g/mol. The van der Waals surface area contributed by atoms with E-state index in [2.05, 4.69) is 18.7 Å². The maximum absolute atomic E-state index is 13.5. The van der Waals surface area contributed by atoms with Gasteiger partial charge in [0, 0.05) is 58.9 Å². The molecule has 2 heterocycles. The molecule has 0 spiro atoms. The quantitative estimate of drug-likeness (QED) is 0.287. The van der Waals surface area contributed by atoms with E-state index in [0.717, 1.165) is 29.1 Å². The van der Waals surface area contributed by atoms with Crippen LogP contribution in [0.4, 0.5) is 11.4 Å². The minimum absolute atomic E-state index is 0.137. The molecule has 4 rings (SSSR count). The molecule has 1 aliphatic rings. The van der Waals surface area contributed by atoms with Gasteiger partial charge >= 0.3 is 0 Å². The summed E-state index contributed by atoms with van der Waals surface area (Å²) in [6.07, 6.45) is 3.45. The predicted molar refractivity (Wildman–Crippen MR) is 124 cm³/mol. The molecule has 1 aliphatic heterocycles. The van der Waals surface area contributed by atoms with Gasteiger partial charge in [0.25, 0.3) is 11.8 Å². The van der Waals surface area contributed by atoms with Gasteiger partial charge in [-0.2, -0.15) is 0 Å². The summed E-state index contributed by atoms with van der Waals surface area (Å²) in [5, 5.41) is 1.54. The predicted octanol–water partition coefficient (Wildman–Crippen LogP) is 2.71. The Morgan fingerprint density at radius 1 is 0.970 bits per heavy atom. The van der Waals surface area contributed by atoms with Crippen LogP contribution in [0.1, 0.15) is 41.0 Å². The van der Waals surface area contributed by atoms with Gasteiger partial charge in [-0.3, -0.25) is 9.59 Å². The van der Waals surface area contributed by atoms with Gasteiger partial charge in [-0.25, -0.2) is 17.9 Å². The molecule has 0 N–H and O–H groups in total. The van der Waals surface area contributed by atoms with Gasteiger partial charge in [-0.15, -0.1) is 0 Å². The van der Waals surface area contributed by atoms with Crippen molar-refractivity contribution in [3.05, 3.63) is 66.0 Å². The molecule has 0 atom stereocenters. The second-order valence-electron chi connectivity index (χ2n) is 7.89. The van der Waals surface area contributed by atoms with E-state index >= 15 is 0 Å². The highest BCUT2D eigenvalue weighted by Gasteiger charge is 2.35. The third kappa shape index (κ3) is 4.34. The standard InChI is InChI=1S/C24H25N3O5S/c1-3-26(4-2)21-12-11-20-22-18(21)9-5-10-19(22)23(28)27(24(20)29)17-8-6-13-25(16-17)14-7-15-33(30,31)32/h5-6,8-13,16H,3-4,7,14-15H2,1-2H3. The fourth-order valence-corrected chi connectivity index (χ4v) is 4.84. The second kappa shape index (κ2) is 8.92. The Labute approximate surface area is 192 Å². The Morgan fingerprint density at radius 3 is 2.33 bits per heavy atom. The lowest BCUT2D eigenvalue weighted by atomic mass is 9.92. The molecule has 3 aromatic rings. The van der Waals surface area contributed by atoms with Crippen LogP contribution in [0, 0.1) is 0 Å². The lowest BCUT2D eigenvalue weighted by Gasteiger charge is -2.29. The number of aryl methyl sites for hydroxylation is 1. The zero-order valence-corrected chi connectivity index (χ0v) is 19.3. The number of imide groups is 1. The van der Waals surface area contributed by atoms with Crippen LogP contribution in [-0.4, -0.2) is 43.6 Å². The number of carbonyl (C=O) groups is 2.